The summed E-state index contributed by atoms with van der Waals surface area (Å²) in [4.78, 5) is 15.3. The number of nitrogen functional groups attached to an aromatic ring is 1. The van der Waals surface area contributed by atoms with Crippen LogP contribution in [0.2, 0.25) is 0 Å². The van der Waals surface area contributed by atoms with Crippen molar-refractivity contribution in [3.05, 3.63) is 24.0 Å². The summed E-state index contributed by atoms with van der Waals surface area (Å²) in [6.07, 6.45) is 3.83. The van der Waals surface area contributed by atoms with Gasteiger partial charge >= 0.3 is 5.97 Å². The van der Waals surface area contributed by atoms with Crippen LogP contribution in [-0.4, -0.2) is 18.1 Å². The molecule has 76 valence electrons. The fourth-order valence-corrected chi connectivity index (χ4v) is 1.39. The number of ether oxygens (including phenoxy) is 1. The Bertz CT molecular complexity index is 326. The molecule has 0 aliphatic heterocycles. The molecule has 0 aliphatic carbocycles. The van der Waals surface area contributed by atoms with E-state index in [4.69, 9.17) is 10.5 Å². The normalized spacial score (nSPS) is 12.1. The molecule has 1 atom stereocenters. The minimum Gasteiger partial charge on any atom is -0.469 e. The Balaban J connectivity index is 3.01. The summed E-state index contributed by atoms with van der Waals surface area (Å²) >= 11 is 0. The SMILES string of the molecule is CCC(C(=O)OC)c1ccncc1N. The van der Waals surface area contributed by atoms with Gasteiger partial charge in [-0.25, -0.2) is 0 Å². The molecule has 2 N–H and O–H groups in total. The minimum absolute atomic E-state index is 0.259. The highest BCUT2D eigenvalue weighted by molar-refractivity contribution is 5.79. The van der Waals surface area contributed by atoms with Gasteiger partial charge in [-0.15, -0.1) is 0 Å². The molecule has 0 amide bonds. The molecule has 0 saturated carbocycles. The predicted molar refractivity (Wildman–Crippen MR) is 53.7 cm³/mol. The van der Waals surface area contributed by atoms with Gasteiger partial charge in [-0.1, -0.05) is 6.92 Å². The van der Waals surface area contributed by atoms with Crippen molar-refractivity contribution < 1.29 is 9.53 Å². The zero-order valence-corrected chi connectivity index (χ0v) is 8.36. The first-order valence-corrected chi connectivity index (χ1v) is 4.47. The van der Waals surface area contributed by atoms with Gasteiger partial charge in [0.2, 0.25) is 0 Å². The molecule has 0 saturated heterocycles. The maximum absolute atomic E-state index is 11.4. The topological polar surface area (TPSA) is 65.2 Å². The van der Waals surface area contributed by atoms with Crippen LogP contribution in [0.1, 0.15) is 24.8 Å². The van der Waals surface area contributed by atoms with Gasteiger partial charge in [-0.3, -0.25) is 9.78 Å². The number of aromatic nitrogens is 1. The predicted octanol–water partition coefficient (Wildman–Crippen LogP) is 1.33. The Morgan fingerprint density at radius 1 is 1.71 bits per heavy atom. The monoisotopic (exact) mass is 194 g/mol. The van der Waals surface area contributed by atoms with Crippen molar-refractivity contribution in [3.8, 4) is 0 Å². The lowest BCUT2D eigenvalue weighted by molar-refractivity contribution is -0.142. The lowest BCUT2D eigenvalue weighted by atomic mass is 9.96. The van der Waals surface area contributed by atoms with E-state index in [2.05, 4.69) is 4.98 Å². The zero-order chi connectivity index (χ0) is 10.6. The molecule has 0 aliphatic rings. The Labute approximate surface area is 83.1 Å². The van der Waals surface area contributed by atoms with Gasteiger partial charge in [-0.05, 0) is 18.1 Å². The number of hydrogen-bond acceptors (Lipinski definition) is 4. The largest absolute Gasteiger partial charge is 0.469 e. The first-order valence-electron chi connectivity index (χ1n) is 4.47. The highest BCUT2D eigenvalue weighted by Gasteiger charge is 2.21. The van der Waals surface area contributed by atoms with Crippen LogP contribution in [0.15, 0.2) is 18.5 Å². The van der Waals surface area contributed by atoms with Crippen molar-refractivity contribution in [2.24, 2.45) is 0 Å². The van der Waals surface area contributed by atoms with Crippen molar-refractivity contribution >= 4 is 11.7 Å². The zero-order valence-electron chi connectivity index (χ0n) is 8.36. The van der Waals surface area contributed by atoms with Crippen molar-refractivity contribution in [1.82, 2.24) is 4.98 Å². The van der Waals surface area contributed by atoms with Crippen molar-refractivity contribution in [2.75, 3.05) is 12.8 Å². The number of esters is 1. The van der Waals surface area contributed by atoms with E-state index in [0.717, 1.165) is 5.56 Å². The third-order valence-electron chi connectivity index (χ3n) is 2.16. The molecule has 1 heterocycles. The highest BCUT2D eigenvalue weighted by Crippen LogP contribution is 2.25. The number of rotatable bonds is 3. The van der Waals surface area contributed by atoms with E-state index in [1.54, 1.807) is 18.5 Å². The van der Waals surface area contributed by atoms with Crippen LogP contribution in [0.3, 0.4) is 0 Å². The van der Waals surface area contributed by atoms with Gasteiger partial charge in [0.05, 0.1) is 24.9 Å². The van der Waals surface area contributed by atoms with E-state index in [9.17, 15) is 4.79 Å². The van der Waals surface area contributed by atoms with E-state index in [1.807, 2.05) is 6.92 Å². The summed E-state index contributed by atoms with van der Waals surface area (Å²) in [6.45, 7) is 1.92. The second-order valence-electron chi connectivity index (χ2n) is 2.99. The molecule has 0 fully saturated rings. The van der Waals surface area contributed by atoms with Crippen molar-refractivity contribution in [3.63, 3.8) is 0 Å². The maximum Gasteiger partial charge on any atom is 0.313 e. The van der Waals surface area contributed by atoms with E-state index in [0.29, 0.717) is 12.1 Å². The molecule has 0 bridgehead atoms. The number of carbonyl (C=O) groups is 1. The Kier molecular flexibility index (Phi) is 3.45. The van der Waals surface area contributed by atoms with Gasteiger partial charge in [0.15, 0.2) is 0 Å². The molecule has 1 aromatic rings. The molecular weight excluding hydrogens is 180 g/mol. The summed E-state index contributed by atoms with van der Waals surface area (Å²) in [7, 11) is 1.38. The van der Waals surface area contributed by atoms with E-state index in [-0.39, 0.29) is 11.9 Å². The average molecular weight is 194 g/mol. The number of pyridine rings is 1. The molecule has 14 heavy (non-hydrogen) atoms. The van der Waals surface area contributed by atoms with Crippen LogP contribution in [0.5, 0.6) is 0 Å². The smallest absolute Gasteiger partial charge is 0.313 e. The standard InChI is InChI=1S/C10H14N2O2/c1-3-7(10(13)14-2)8-4-5-12-6-9(8)11/h4-7H,3,11H2,1-2H3. The van der Waals surface area contributed by atoms with E-state index < -0.39 is 0 Å². The summed E-state index contributed by atoms with van der Waals surface area (Å²) < 4.78 is 4.70. The third kappa shape index (κ3) is 2.02. The number of methoxy groups -OCH3 is 1. The number of nitrogens with two attached hydrogens (primary N) is 1. The fourth-order valence-electron chi connectivity index (χ4n) is 1.39. The molecule has 0 aromatic carbocycles. The highest BCUT2D eigenvalue weighted by atomic mass is 16.5. The first kappa shape index (κ1) is 10.5. The quantitative estimate of drug-likeness (QED) is 0.737. The van der Waals surface area contributed by atoms with Crippen LogP contribution in [0, 0.1) is 0 Å². The second-order valence-corrected chi connectivity index (χ2v) is 2.99. The van der Waals surface area contributed by atoms with Crippen LogP contribution < -0.4 is 5.73 Å². The van der Waals surface area contributed by atoms with Gasteiger partial charge in [0, 0.05) is 6.20 Å². The number of hydrogen-bond donors (Lipinski definition) is 1. The van der Waals surface area contributed by atoms with Crippen molar-refractivity contribution in [2.45, 2.75) is 19.3 Å². The van der Waals surface area contributed by atoms with E-state index >= 15 is 0 Å². The van der Waals surface area contributed by atoms with Crippen LogP contribution in [-0.2, 0) is 9.53 Å². The molecule has 4 nitrogen and oxygen atoms in total. The van der Waals surface area contributed by atoms with Crippen LogP contribution in [0.25, 0.3) is 0 Å². The van der Waals surface area contributed by atoms with Gasteiger partial charge in [-0.2, -0.15) is 0 Å². The minimum atomic E-state index is -0.289. The molecular formula is C10H14N2O2. The van der Waals surface area contributed by atoms with Crippen LogP contribution >= 0.6 is 0 Å². The molecule has 1 rings (SSSR count). The van der Waals surface area contributed by atoms with Crippen molar-refractivity contribution in [1.29, 1.82) is 0 Å². The second kappa shape index (κ2) is 4.60. The fraction of sp³-hybridized carbons (Fsp3) is 0.400. The first-order chi connectivity index (χ1) is 6.70. The Hall–Kier alpha value is -1.58. The molecule has 4 heteroatoms. The average Bonchev–Trinajstić information content (AvgIpc) is 2.21. The lowest BCUT2D eigenvalue weighted by Crippen LogP contribution is -2.15. The van der Waals surface area contributed by atoms with E-state index in [1.165, 1.54) is 7.11 Å². The summed E-state index contributed by atoms with van der Waals surface area (Å²) in [6, 6.07) is 1.75. The molecule has 0 radical (unpaired) electrons. The summed E-state index contributed by atoms with van der Waals surface area (Å²) in [5.74, 6) is -0.548. The Morgan fingerprint density at radius 2 is 2.43 bits per heavy atom. The molecule has 0 spiro atoms. The summed E-state index contributed by atoms with van der Waals surface area (Å²) in [5, 5.41) is 0. The number of nitrogens with zero attached hydrogens (tertiary/aromatic N) is 1. The summed E-state index contributed by atoms with van der Waals surface area (Å²) in [5.41, 5.74) is 7.04. The van der Waals surface area contributed by atoms with Gasteiger partial charge < -0.3 is 10.5 Å². The number of carbonyl (C=O) groups excluding carboxylic acids is 1. The maximum atomic E-state index is 11.4. The number of anilines is 1. The van der Waals surface area contributed by atoms with Gasteiger partial charge in [0.1, 0.15) is 0 Å². The van der Waals surface area contributed by atoms with Gasteiger partial charge in [0.25, 0.3) is 0 Å². The van der Waals surface area contributed by atoms with Crippen LogP contribution in [0.4, 0.5) is 5.69 Å². The lowest BCUT2D eigenvalue weighted by Gasteiger charge is -2.14. The Morgan fingerprint density at radius 3 is 2.93 bits per heavy atom. The molecule has 1 aromatic heterocycles. The third-order valence-corrected chi connectivity index (χ3v) is 2.16. The molecule has 1 unspecified atom stereocenters.